The van der Waals surface area contributed by atoms with E-state index in [2.05, 4.69) is 24.3 Å². The largest absolute Gasteiger partial charge is 0.391 e. The van der Waals surface area contributed by atoms with Crippen molar-refractivity contribution < 1.29 is 25.0 Å². The van der Waals surface area contributed by atoms with Crippen molar-refractivity contribution in [2.24, 2.45) is 0 Å². The summed E-state index contributed by atoms with van der Waals surface area (Å²) in [5.41, 5.74) is 3.27. The number of quaternary nitrogens is 1. The molecule has 0 amide bonds. The van der Waals surface area contributed by atoms with Crippen LogP contribution in [0.25, 0.3) is 0 Å². The van der Waals surface area contributed by atoms with Crippen LogP contribution in [0.5, 0.6) is 0 Å². The van der Waals surface area contributed by atoms with Crippen LogP contribution in [0.3, 0.4) is 0 Å². The van der Waals surface area contributed by atoms with Crippen LogP contribution in [0.2, 0.25) is 0 Å². The molecule has 5 nitrogen and oxygen atoms in total. The highest BCUT2D eigenvalue weighted by atomic mass is 16.5. The van der Waals surface area contributed by atoms with Crippen LogP contribution < -0.4 is 4.90 Å². The molecule has 2 aromatic carbocycles. The molecule has 2 atom stereocenters. The van der Waals surface area contributed by atoms with Gasteiger partial charge in [0.25, 0.3) is 0 Å². The van der Waals surface area contributed by atoms with Gasteiger partial charge in [-0.05, 0) is 18.1 Å². The van der Waals surface area contributed by atoms with Crippen LogP contribution >= 0.6 is 0 Å². The molecule has 0 spiro atoms. The zero-order chi connectivity index (χ0) is 18.8. The Morgan fingerprint density at radius 3 is 2.04 bits per heavy atom. The third-order valence-corrected chi connectivity index (χ3v) is 4.39. The van der Waals surface area contributed by atoms with Gasteiger partial charge in [0.1, 0.15) is 31.8 Å². The molecule has 142 valence electrons. The van der Waals surface area contributed by atoms with Crippen LogP contribution in [-0.2, 0) is 4.74 Å². The lowest BCUT2D eigenvalue weighted by atomic mass is 10.0. The van der Waals surface area contributed by atoms with Gasteiger partial charge in [0.15, 0.2) is 0 Å². The van der Waals surface area contributed by atoms with Crippen molar-refractivity contribution in [1.29, 1.82) is 0 Å². The zero-order valence-electron chi connectivity index (χ0n) is 15.3. The fourth-order valence-electron chi connectivity index (χ4n) is 3.00. The van der Waals surface area contributed by atoms with Gasteiger partial charge in [-0.1, -0.05) is 60.2 Å². The molecular formula is C21H30NO4+. The molecule has 0 fully saturated rings. The van der Waals surface area contributed by atoms with Gasteiger partial charge in [-0.2, -0.15) is 0 Å². The fraction of sp³-hybridized carbons (Fsp3) is 0.429. The van der Waals surface area contributed by atoms with Crippen LogP contribution in [0.15, 0.2) is 54.6 Å². The summed E-state index contributed by atoms with van der Waals surface area (Å²) >= 11 is 0. The Kier molecular flexibility index (Phi) is 8.74. The SMILES string of the molecule is Cc1ccc([C@H](OC[C@@H](O)C[NH+](CCO)CCO)c2ccccc2)cc1. The van der Waals surface area contributed by atoms with Crippen molar-refractivity contribution in [3.63, 3.8) is 0 Å². The van der Waals surface area contributed by atoms with Gasteiger partial charge in [-0.3, -0.25) is 0 Å². The van der Waals surface area contributed by atoms with E-state index in [1.807, 2.05) is 37.3 Å². The Labute approximate surface area is 155 Å². The van der Waals surface area contributed by atoms with Crippen molar-refractivity contribution >= 4 is 0 Å². The number of aliphatic hydroxyl groups is 3. The van der Waals surface area contributed by atoms with Crippen molar-refractivity contribution in [3.05, 3.63) is 71.3 Å². The molecular weight excluding hydrogens is 330 g/mol. The first-order valence-corrected chi connectivity index (χ1v) is 9.10. The minimum atomic E-state index is -0.667. The second-order valence-electron chi connectivity index (χ2n) is 6.59. The van der Waals surface area contributed by atoms with E-state index in [1.165, 1.54) is 5.56 Å². The first kappa shape index (κ1) is 20.6. The Morgan fingerprint density at radius 1 is 0.885 bits per heavy atom. The summed E-state index contributed by atoms with van der Waals surface area (Å²) in [5, 5.41) is 28.5. The monoisotopic (exact) mass is 360 g/mol. The quantitative estimate of drug-likeness (QED) is 0.466. The maximum atomic E-state index is 10.4. The van der Waals surface area contributed by atoms with Gasteiger partial charge in [-0.25, -0.2) is 0 Å². The van der Waals surface area contributed by atoms with Crippen molar-refractivity contribution in [1.82, 2.24) is 0 Å². The summed E-state index contributed by atoms with van der Waals surface area (Å²) < 4.78 is 6.08. The molecule has 5 heteroatoms. The normalized spacial score (nSPS) is 13.7. The second-order valence-corrected chi connectivity index (χ2v) is 6.59. The smallest absolute Gasteiger partial charge is 0.126 e. The van der Waals surface area contributed by atoms with Crippen molar-refractivity contribution in [3.8, 4) is 0 Å². The predicted molar refractivity (Wildman–Crippen MR) is 101 cm³/mol. The summed E-state index contributed by atoms with van der Waals surface area (Å²) in [5.74, 6) is 0. The minimum absolute atomic E-state index is 0.0267. The molecule has 0 saturated heterocycles. The van der Waals surface area contributed by atoms with E-state index in [4.69, 9.17) is 14.9 Å². The molecule has 0 aromatic heterocycles. The topological polar surface area (TPSA) is 74.4 Å². The number of rotatable bonds is 11. The lowest BCUT2D eigenvalue weighted by Crippen LogP contribution is -3.14. The van der Waals surface area contributed by atoms with E-state index in [-0.39, 0.29) is 25.9 Å². The molecule has 0 aliphatic rings. The Bertz CT molecular complexity index is 612. The number of hydrogen-bond donors (Lipinski definition) is 4. The standard InChI is InChI=1S/C21H29NO4/c1-17-7-9-19(10-8-17)21(18-5-3-2-4-6-18)26-16-20(25)15-22(11-13-23)12-14-24/h2-10,20-21,23-25H,11-16H2,1H3/p+1/t20-,21+/m0/s1. The number of ether oxygens (including phenoxy) is 1. The van der Waals surface area contributed by atoms with Gasteiger partial charge in [0, 0.05) is 0 Å². The summed E-state index contributed by atoms with van der Waals surface area (Å²) in [4.78, 5) is 0.956. The van der Waals surface area contributed by atoms with Gasteiger partial charge in [0.2, 0.25) is 0 Å². The highest BCUT2D eigenvalue weighted by Gasteiger charge is 2.19. The van der Waals surface area contributed by atoms with E-state index < -0.39 is 6.10 Å². The summed E-state index contributed by atoms with van der Waals surface area (Å²) in [6, 6.07) is 18.2. The first-order valence-electron chi connectivity index (χ1n) is 9.10. The van der Waals surface area contributed by atoms with Gasteiger partial charge >= 0.3 is 0 Å². The number of benzene rings is 2. The predicted octanol–water partition coefficient (Wildman–Crippen LogP) is 0.331. The molecule has 0 radical (unpaired) electrons. The molecule has 0 aliphatic carbocycles. The van der Waals surface area contributed by atoms with E-state index in [9.17, 15) is 5.11 Å². The van der Waals surface area contributed by atoms with Crippen LogP contribution in [0.4, 0.5) is 0 Å². The number of aliphatic hydroxyl groups excluding tert-OH is 3. The van der Waals surface area contributed by atoms with Crippen LogP contribution in [-0.4, -0.2) is 60.9 Å². The average molecular weight is 360 g/mol. The summed E-state index contributed by atoms with van der Waals surface area (Å²) in [7, 11) is 0. The Morgan fingerprint density at radius 2 is 1.46 bits per heavy atom. The third-order valence-electron chi connectivity index (χ3n) is 4.39. The van der Waals surface area contributed by atoms with Gasteiger partial charge < -0.3 is 25.0 Å². The molecule has 0 bridgehead atoms. The fourth-order valence-corrected chi connectivity index (χ4v) is 3.00. The Hall–Kier alpha value is -1.76. The molecule has 0 aliphatic heterocycles. The van der Waals surface area contributed by atoms with Gasteiger partial charge in [0.05, 0.1) is 19.8 Å². The Balaban J connectivity index is 2.04. The van der Waals surface area contributed by atoms with Crippen LogP contribution in [0, 0.1) is 6.92 Å². The van der Waals surface area contributed by atoms with E-state index >= 15 is 0 Å². The van der Waals surface area contributed by atoms with Crippen LogP contribution in [0.1, 0.15) is 22.8 Å². The lowest BCUT2D eigenvalue weighted by Gasteiger charge is -2.24. The third kappa shape index (κ3) is 6.52. The van der Waals surface area contributed by atoms with Crippen molar-refractivity contribution in [2.45, 2.75) is 19.1 Å². The maximum Gasteiger partial charge on any atom is 0.126 e. The number of nitrogens with one attached hydrogen (secondary N) is 1. The maximum absolute atomic E-state index is 10.4. The number of aryl methyl sites for hydroxylation is 1. The minimum Gasteiger partial charge on any atom is -0.391 e. The molecule has 4 N–H and O–H groups in total. The highest BCUT2D eigenvalue weighted by molar-refractivity contribution is 5.31. The molecule has 26 heavy (non-hydrogen) atoms. The molecule has 2 aromatic rings. The molecule has 2 rings (SSSR count). The molecule has 0 heterocycles. The average Bonchev–Trinajstić information content (AvgIpc) is 2.64. The number of hydrogen-bond acceptors (Lipinski definition) is 4. The second kappa shape index (κ2) is 11.1. The molecule has 0 saturated carbocycles. The zero-order valence-corrected chi connectivity index (χ0v) is 15.3. The highest BCUT2D eigenvalue weighted by Crippen LogP contribution is 2.26. The summed E-state index contributed by atoms with van der Waals surface area (Å²) in [6.07, 6.45) is -0.912. The van der Waals surface area contributed by atoms with E-state index in [0.717, 1.165) is 16.0 Å². The lowest BCUT2D eigenvalue weighted by molar-refractivity contribution is -0.904. The summed E-state index contributed by atoms with van der Waals surface area (Å²) in [6.45, 7) is 3.71. The van der Waals surface area contributed by atoms with Gasteiger partial charge in [-0.15, -0.1) is 0 Å². The van der Waals surface area contributed by atoms with E-state index in [0.29, 0.717) is 19.6 Å². The van der Waals surface area contributed by atoms with E-state index in [1.54, 1.807) is 0 Å². The van der Waals surface area contributed by atoms with Crippen molar-refractivity contribution in [2.75, 3.05) is 39.5 Å². The first-order chi connectivity index (χ1) is 12.6. The molecule has 0 unspecified atom stereocenters.